The number of nitrogens with zero attached hydrogens (tertiary/aromatic N) is 2. The molecule has 0 saturated carbocycles. The molecule has 0 spiro atoms. The van der Waals surface area contributed by atoms with Gasteiger partial charge < -0.3 is 14.7 Å². The molecule has 1 fully saturated rings. The van der Waals surface area contributed by atoms with Crippen LogP contribution in [-0.2, 0) is 14.3 Å². The second kappa shape index (κ2) is 17.8. The molecule has 7 heteroatoms. The number of carboxylic acid groups (broad SMARTS) is 1. The van der Waals surface area contributed by atoms with Crippen LogP contribution in [-0.4, -0.2) is 65.7 Å². The van der Waals surface area contributed by atoms with E-state index in [0.29, 0.717) is 13.1 Å². The maximum atomic E-state index is 12.3. The number of hydrogen-bond donors (Lipinski definition) is 1. The molecule has 1 N–H and O–H groups in total. The van der Waals surface area contributed by atoms with E-state index in [2.05, 4.69) is 27.7 Å². The lowest BCUT2D eigenvalue weighted by atomic mass is 9.74. The second-order valence-corrected chi connectivity index (χ2v) is 11.1. The van der Waals surface area contributed by atoms with E-state index in [1.807, 2.05) is 6.92 Å². The number of ether oxygens (including phenoxy) is 1. The molecule has 1 aliphatic heterocycles. The number of likely N-dealkylation sites (N-methyl/N-ethyl adjacent to an activating group) is 1. The Morgan fingerprint density at radius 1 is 0.784 bits per heavy atom. The molecule has 1 aliphatic rings. The van der Waals surface area contributed by atoms with Gasteiger partial charge in [0.2, 0.25) is 5.91 Å². The van der Waals surface area contributed by atoms with E-state index in [9.17, 15) is 14.4 Å². The van der Waals surface area contributed by atoms with E-state index in [1.165, 1.54) is 4.90 Å². The molecule has 37 heavy (non-hydrogen) atoms. The number of unbranched alkanes of at least 4 members (excludes halogenated alkanes) is 2. The van der Waals surface area contributed by atoms with Crippen LogP contribution in [0.1, 0.15) is 131 Å². The number of aliphatic carboxylic acids is 1. The largest absolute Gasteiger partial charge is 0.481 e. The minimum atomic E-state index is -0.692. The van der Waals surface area contributed by atoms with Gasteiger partial charge in [-0.1, -0.05) is 66.2 Å². The molecule has 0 aromatic carbocycles. The van der Waals surface area contributed by atoms with Gasteiger partial charge in [0.05, 0.1) is 0 Å². The van der Waals surface area contributed by atoms with Crippen molar-refractivity contribution in [3.63, 3.8) is 0 Å². The lowest BCUT2D eigenvalue weighted by Gasteiger charge is -2.32. The van der Waals surface area contributed by atoms with Crippen molar-refractivity contribution in [3.8, 4) is 0 Å². The van der Waals surface area contributed by atoms with Crippen LogP contribution in [0.3, 0.4) is 0 Å². The van der Waals surface area contributed by atoms with Crippen LogP contribution in [0, 0.1) is 10.8 Å². The van der Waals surface area contributed by atoms with Crippen molar-refractivity contribution in [2.45, 2.75) is 131 Å². The summed E-state index contributed by atoms with van der Waals surface area (Å²) in [6.07, 6.45) is 15.2. The van der Waals surface area contributed by atoms with E-state index in [4.69, 9.17) is 9.84 Å². The summed E-state index contributed by atoms with van der Waals surface area (Å²) in [7, 11) is 0. The predicted octanol–water partition coefficient (Wildman–Crippen LogP) is 7.28. The van der Waals surface area contributed by atoms with Crippen molar-refractivity contribution in [1.82, 2.24) is 9.80 Å². The molecule has 1 saturated heterocycles. The van der Waals surface area contributed by atoms with Crippen LogP contribution in [0.25, 0.3) is 0 Å². The minimum Gasteiger partial charge on any atom is -0.481 e. The van der Waals surface area contributed by atoms with E-state index in [0.717, 1.165) is 103 Å². The van der Waals surface area contributed by atoms with Gasteiger partial charge in [0.1, 0.15) is 6.54 Å². The lowest BCUT2D eigenvalue weighted by Crippen LogP contribution is -2.34. The fourth-order valence-electron chi connectivity index (χ4n) is 5.96. The SMILES string of the molecule is CCN1CC(=O)N(CCCC(CC)(CC)CCCCOCCCCC(CC)(CC)CCCC(=O)O)C1=O. The third-order valence-corrected chi connectivity index (χ3v) is 9.19. The summed E-state index contributed by atoms with van der Waals surface area (Å²) in [5.41, 5.74) is 0.560. The van der Waals surface area contributed by atoms with Crippen LogP contribution in [0.4, 0.5) is 4.79 Å². The average molecular weight is 525 g/mol. The van der Waals surface area contributed by atoms with Gasteiger partial charge in [-0.25, -0.2) is 4.79 Å². The predicted molar refractivity (Wildman–Crippen MR) is 150 cm³/mol. The summed E-state index contributed by atoms with van der Waals surface area (Å²) >= 11 is 0. The monoisotopic (exact) mass is 524 g/mol. The summed E-state index contributed by atoms with van der Waals surface area (Å²) in [5, 5.41) is 8.93. The fraction of sp³-hybridized carbons (Fsp3) is 0.900. The number of carbonyl (C=O) groups is 3. The second-order valence-electron chi connectivity index (χ2n) is 11.1. The van der Waals surface area contributed by atoms with Gasteiger partial charge in [-0.2, -0.15) is 0 Å². The molecule has 0 aromatic heterocycles. The number of amides is 3. The smallest absolute Gasteiger partial charge is 0.327 e. The normalized spacial score (nSPS) is 14.7. The van der Waals surface area contributed by atoms with Crippen molar-refractivity contribution in [2.24, 2.45) is 10.8 Å². The molecule has 0 aromatic rings. The van der Waals surface area contributed by atoms with Crippen molar-refractivity contribution in [1.29, 1.82) is 0 Å². The van der Waals surface area contributed by atoms with Gasteiger partial charge in [-0.3, -0.25) is 14.5 Å². The Bertz CT molecular complexity index is 673. The van der Waals surface area contributed by atoms with Crippen molar-refractivity contribution in [2.75, 3.05) is 32.8 Å². The first-order valence-corrected chi connectivity index (χ1v) is 15.1. The molecule has 3 amide bonds. The Kier molecular flexibility index (Phi) is 16.1. The average Bonchev–Trinajstić information content (AvgIpc) is 3.17. The standard InChI is InChI=1S/C30H56N2O5/c1-6-29(7-2,20-15-17-27(34)35)18-11-13-23-37-24-14-12-19-30(8-3,9-4)21-16-22-32-26(33)25-31(10-5)28(32)36/h6-25H2,1-5H3,(H,34,35). The zero-order valence-corrected chi connectivity index (χ0v) is 24.6. The van der Waals surface area contributed by atoms with Crippen molar-refractivity contribution < 1.29 is 24.2 Å². The maximum Gasteiger partial charge on any atom is 0.327 e. The molecule has 1 rings (SSSR count). The van der Waals surface area contributed by atoms with E-state index in [1.54, 1.807) is 4.90 Å². The van der Waals surface area contributed by atoms with Crippen LogP contribution >= 0.6 is 0 Å². The molecule has 216 valence electrons. The number of rotatable bonds is 23. The zero-order chi connectivity index (χ0) is 27.7. The Morgan fingerprint density at radius 3 is 1.70 bits per heavy atom. The third-order valence-electron chi connectivity index (χ3n) is 9.19. The fourth-order valence-corrected chi connectivity index (χ4v) is 5.96. The number of carboxylic acids is 1. The molecule has 0 bridgehead atoms. The van der Waals surface area contributed by atoms with Gasteiger partial charge in [0, 0.05) is 32.7 Å². The van der Waals surface area contributed by atoms with Gasteiger partial charge in [0.15, 0.2) is 0 Å². The summed E-state index contributed by atoms with van der Waals surface area (Å²) in [5.74, 6) is -0.751. The molecular formula is C30H56N2O5. The molecule has 7 nitrogen and oxygen atoms in total. The highest BCUT2D eigenvalue weighted by molar-refractivity contribution is 6.01. The Morgan fingerprint density at radius 2 is 1.27 bits per heavy atom. The summed E-state index contributed by atoms with van der Waals surface area (Å²) in [6, 6.07) is -0.128. The number of imide groups is 1. The molecule has 0 radical (unpaired) electrons. The van der Waals surface area contributed by atoms with E-state index in [-0.39, 0.29) is 35.7 Å². The van der Waals surface area contributed by atoms with E-state index >= 15 is 0 Å². The first-order valence-electron chi connectivity index (χ1n) is 15.1. The number of hydrogen-bond acceptors (Lipinski definition) is 4. The first-order chi connectivity index (χ1) is 17.7. The van der Waals surface area contributed by atoms with Gasteiger partial charge in [-0.05, 0) is 69.1 Å². The highest BCUT2D eigenvalue weighted by Gasteiger charge is 2.35. The van der Waals surface area contributed by atoms with Crippen LogP contribution in [0.15, 0.2) is 0 Å². The van der Waals surface area contributed by atoms with Gasteiger partial charge in [-0.15, -0.1) is 0 Å². The Balaban J connectivity index is 2.25. The number of carbonyl (C=O) groups excluding carboxylic acids is 2. The van der Waals surface area contributed by atoms with Crippen LogP contribution in [0.2, 0.25) is 0 Å². The molecule has 0 unspecified atom stereocenters. The Hall–Kier alpha value is -1.63. The summed E-state index contributed by atoms with van der Waals surface area (Å²) < 4.78 is 5.94. The van der Waals surface area contributed by atoms with Crippen molar-refractivity contribution >= 4 is 17.9 Å². The van der Waals surface area contributed by atoms with Gasteiger partial charge in [0.25, 0.3) is 0 Å². The van der Waals surface area contributed by atoms with E-state index < -0.39 is 5.97 Å². The molecule has 0 atom stereocenters. The molecule has 0 aliphatic carbocycles. The molecule has 1 heterocycles. The van der Waals surface area contributed by atoms with Crippen LogP contribution < -0.4 is 0 Å². The Labute approximate surface area is 226 Å². The number of urea groups is 1. The minimum absolute atomic E-state index is 0.0594. The topological polar surface area (TPSA) is 87.2 Å². The van der Waals surface area contributed by atoms with Crippen LogP contribution in [0.5, 0.6) is 0 Å². The quantitative estimate of drug-likeness (QED) is 0.112. The third kappa shape index (κ3) is 11.3. The first kappa shape index (κ1) is 33.4. The summed E-state index contributed by atoms with van der Waals surface area (Å²) in [4.78, 5) is 38.4. The zero-order valence-electron chi connectivity index (χ0n) is 24.6. The lowest BCUT2D eigenvalue weighted by molar-refractivity contribution is -0.137. The maximum absolute atomic E-state index is 12.3. The molecular weight excluding hydrogens is 468 g/mol. The van der Waals surface area contributed by atoms with Crippen molar-refractivity contribution in [3.05, 3.63) is 0 Å². The summed E-state index contributed by atoms with van der Waals surface area (Å²) in [6.45, 7) is 13.9. The van der Waals surface area contributed by atoms with Gasteiger partial charge >= 0.3 is 12.0 Å². The highest BCUT2D eigenvalue weighted by Crippen LogP contribution is 2.39. The highest BCUT2D eigenvalue weighted by atomic mass is 16.5.